The minimum atomic E-state index is -1.53. The van der Waals surface area contributed by atoms with Gasteiger partial charge in [-0.05, 0) is 23.8 Å². The van der Waals surface area contributed by atoms with Gasteiger partial charge in [0.05, 0.1) is 10.9 Å². The van der Waals surface area contributed by atoms with Gasteiger partial charge in [-0.1, -0.05) is 82.7 Å². The molecule has 2 spiro atoms. The molecule has 3 heterocycles. The molecule has 3 aliphatic heterocycles. The van der Waals surface area contributed by atoms with E-state index in [0.29, 0.717) is 28.1 Å². The van der Waals surface area contributed by atoms with Gasteiger partial charge in [0.15, 0.2) is 11.3 Å². The summed E-state index contributed by atoms with van der Waals surface area (Å²) in [4.78, 5) is 46.0. The second-order valence-corrected chi connectivity index (χ2v) is 10.5. The first-order valence-corrected chi connectivity index (χ1v) is 12.3. The number of anilines is 2. The molecule has 6 rings (SSSR count). The number of Topliss-reactive ketones (excluding diaryl/α,β-unsaturated/α-hetero) is 1. The predicted octanol–water partition coefficient (Wildman–Crippen LogP) is 3.96. The first kappa shape index (κ1) is 22.1. The van der Waals surface area contributed by atoms with E-state index in [-0.39, 0.29) is 22.6 Å². The monoisotopic (exact) mass is 545 g/mol. The number of carbonyl (C=O) groups is 3. The Hall–Kier alpha value is -3.36. The highest BCUT2D eigenvalue weighted by atomic mass is 79.9. The molecular weight excluding hydrogens is 526 g/mol. The molecule has 0 saturated carbocycles. The van der Waals surface area contributed by atoms with Gasteiger partial charge in [-0.2, -0.15) is 0 Å². The maximum atomic E-state index is 14.5. The van der Waals surface area contributed by atoms with E-state index < -0.39 is 16.9 Å². The number of benzene rings is 3. The third kappa shape index (κ3) is 2.53. The van der Waals surface area contributed by atoms with E-state index in [1.807, 2.05) is 48.5 Å². The Kier molecular flexibility index (Phi) is 4.63. The number of fused-ring (bicyclic) bond motifs is 4. The zero-order valence-electron chi connectivity index (χ0n) is 18.9. The third-order valence-electron chi connectivity index (χ3n) is 7.58. The molecule has 1 fully saturated rings. The van der Waals surface area contributed by atoms with Crippen molar-refractivity contribution < 1.29 is 14.4 Å². The summed E-state index contributed by atoms with van der Waals surface area (Å²) in [6.07, 6.45) is 0. The molecule has 174 valence electrons. The lowest BCUT2D eigenvalue weighted by Gasteiger charge is -2.34. The van der Waals surface area contributed by atoms with Crippen LogP contribution in [-0.4, -0.2) is 36.7 Å². The minimum absolute atomic E-state index is 0.183. The van der Waals surface area contributed by atoms with Crippen LogP contribution in [0.1, 0.15) is 21.5 Å². The molecule has 1 saturated heterocycles. The number of nitrogens with one attached hydrogen (secondary N) is 1. The van der Waals surface area contributed by atoms with Crippen molar-refractivity contribution in [1.29, 1.82) is 0 Å². The highest BCUT2D eigenvalue weighted by Crippen LogP contribution is 2.60. The SMILES string of the molecule is CN1C(=O)[C@@]2(C(=S)N[C@]3(C(=O)N(C)c4ccccc43)[C@H]2C(=O)c2ccccc2)c2ccc(Br)cc21. The largest absolute Gasteiger partial charge is 0.360 e. The van der Waals surface area contributed by atoms with E-state index in [1.54, 1.807) is 43.3 Å². The summed E-state index contributed by atoms with van der Waals surface area (Å²) >= 11 is 9.40. The van der Waals surface area contributed by atoms with Crippen molar-refractivity contribution in [2.45, 2.75) is 11.0 Å². The Morgan fingerprint density at radius 3 is 2.29 bits per heavy atom. The van der Waals surface area contributed by atoms with Gasteiger partial charge in [-0.3, -0.25) is 14.4 Å². The number of halogens is 1. The zero-order chi connectivity index (χ0) is 24.7. The second-order valence-electron chi connectivity index (χ2n) is 9.14. The number of likely N-dealkylation sites (N-methyl/N-ethyl adjacent to an activating group) is 2. The van der Waals surface area contributed by atoms with Gasteiger partial charge in [-0.25, -0.2) is 0 Å². The van der Waals surface area contributed by atoms with E-state index in [4.69, 9.17) is 12.2 Å². The van der Waals surface area contributed by atoms with Crippen molar-refractivity contribution in [3.05, 3.63) is 94.0 Å². The fourth-order valence-corrected chi connectivity index (χ4v) is 6.88. The molecule has 1 N–H and O–H groups in total. The molecule has 3 aliphatic rings. The minimum Gasteiger partial charge on any atom is -0.360 e. The molecule has 0 bridgehead atoms. The first-order valence-electron chi connectivity index (χ1n) is 11.1. The maximum Gasteiger partial charge on any atom is 0.258 e. The van der Waals surface area contributed by atoms with Gasteiger partial charge in [0, 0.05) is 41.1 Å². The smallest absolute Gasteiger partial charge is 0.258 e. The van der Waals surface area contributed by atoms with Crippen LogP contribution < -0.4 is 15.1 Å². The van der Waals surface area contributed by atoms with E-state index in [2.05, 4.69) is 21.2 Å². The van der Waals surface area contributed by atoms with Crippen LogP contribution in [0.2, 0.25) is 0 Å². The number of para-hydroxylation sites is 1. The molecular formula is C27H20BrN3O3S. The van der Waals surface area contributed by atoms with Gasteiger partial charge >= 0.3 is 0 Å². The quantitative estimate of drug-likeness (QED) is 0.390. The number of ketones is 1. The van der Waals surface area contributed by atoms with Gasteiger partial charge in [-0.15, -0.1) is 0 Å². The van der Waals surface area contributed by atoms with E-state index in [9.17, 15) is 14.4 Å². The Labute approximate surface area is 216 Å². The molecule has 6 nitrogen and oxygen atoms in total. The Bertz CT molecular complexity index is 1480. The molecule has 2 amide bonds. The van der Waals surface area contributed by atoms with Gasteiger partial charge in [0.2, 0.25) is 5.91 Å². The molecule has 3 aromatic carbocycles. The molecule has 35 heavy (non-hydrogen) atoms. The maximum absolute atomic E-state index is 14.5. The topological polar surface area (TPSA) is 69.7 Å². The van der Waals surface area contributed by atoms with Crippen molar-refractivity contribution in [3.8, 4) is 0 Å². The normalized spacial score (nSPS) is 26.5. The van der Waals surface area contributed by atoms with Crippen molar-refractivity contribution in [2.24, 2.45) is 5.92 Å². The van der Waals surface area contributed by atoms with E-state index in [1.165, 1.54) is 4.90 Å². The van der Waals surface area contributed by atoms with Gasteiger partial charge in [0.25, 0.3) is 5.91 Å². The summed E-state index contributed by atoms with van der Waals surface area (Å²) in [5.74, 6) is -2.07. The summed E-state index contributed by atoms with van der Waals surface area (Å²) in [7, 11) is 3.36. The van der Waals surface area contributed by atoms with E-state index in [0.717, 1.165) is 4.47 Å². The third-order valence-corrected chi connectivity index (χ3v) is 8.49. The number of thiocarbonyl (C=S) groups is 1. The standard InChI is InChI=1S/C27H20BrN3O3S/c1-30-19-11-7-6-10-18(19)27(25(30)34)22(21(32)15-8-4-3-5-9-15)26(23(35)29-27)17-13-12-16(28)14-20(17)31(2)24(26)33/h3-14,22H,1-2H3,(H,29,35)/t22-,26-,27-/m0/s1. The van der Waals surface area contributed by atoms with Crippen LogP contribution in [0.5, 0.6) is 0 Å². The van der Waals surface area contributed by atoms with Crippen LogP contribution in [0.15, 0.2) is 77.3 Å². The fraction of sp³-hybridized carbons (Fsp3) is 0.185. The summed E-state index contributed by atoms with van der Waals surface area (Å²) in [6.45, 7) is 0. The fourth-order valence-electron chi connectivity index (χ4n) is 6.06. The van der Waals surface area contributed by atoms with Crippen LogP contribution in [-0.2, 0) is 20.5 Å². The lowest BCUT2D eigenvalue weighted by atomic mass is 9.62. The van der Waals surface area contributed by atoms with Crippen LogP contribution in [0.3, 0.4) is 0 Å². The Morgan fingerprint density at radius 1 is 0.886 bits per heavy atom. The lowest BCUT2D eigenvalue weighted by molar-refractivity contribution is -0.126. The average Bonchev–Trinajstić information content (AvgIpc) is 3.36. The molecule has 0 unspecified atom stereocenters. The summed E-state index contributed by atoms with van der Waals surface area (Å²) < 4.78 is 0.799. The van der Waals surface area contributed by atoms with Crippen LogP contribution in [0.4, 0.5) is 11.4 Å². The number of amides is 2. The number of nitrogens with zero attached hydrogens (tertiary/aromatic N) is 2. The van der Waals surface area contributed by atoms with Crippen molar-refractivity contribution in [2.75, 3.05) is 23.9 Å². The summed E-state index contributed by atoms with van der Waals surface area (Å²) in [5.41, 5.74) is -0.0157. The number of hydrogen-bond donors (Lipinski definition) is 1. The lowest BCUT2D eigenvalue weighted by Crippen LogP contribution is -2.56. The molecule has 0 aromatic heterocycles. The molecule has 8 heteroatoms. The molecule has 0 radical (unpaired) electrons. The average molecular weight is 546 g/mol. The number of hydrogen-bond acceptors (Lipinski definition) is 4. The van der Waals surface area contributed by atoms with Gasteiger partial charge < -0.3 is 15.1 Å². The van der Waals surface area contributed by atoms with Crippen molar-refractivity contribution in [1.82, 2.24) is 5.32 Å². The number of carbonyl (C=O) groups excluding carboxylic acids is 3. The van der Waals surface area contributed by atoms with Crippen LogP contribution >= 0.6 is 28.1 Å². The summed E-state index contributed by atoms with van der Waals surface area (Å²) in [6, 6.07) is 21.7. The second kappa shape index (κ2) is 7.32. The molecule has 0 aliphatic carbocycles. The highest BCUT2D eigenvalue weighted by Gasteiger charge is 2.75. The zero-order valence-corrected chi connectivity index (χ0v) is 21.3. The Balaban J connectivity index is 1.72. The van der Waals surface area contributed by atoms with Crippen LogP contribution in [0.25, 0.3) is 0 Å². The highest BCUT2D eigenvalue weighted by molar-refractivity contribution is 9.10. The number of rotatable bonds is 2. The molecule has 3 atom stereocenters. The molecule has 3 aromatic rings. The Morgan fingerprint density at radius 2 is 1.54 bits per heavy atom. The van der Waals surface area contributed by atoms with Crippen molar-refractivity contribution in [3.63, 3.8) is 0 Å². The van der Waals surface area contributed by atoms with Gasteiger partial charge in [0.1, 0.15) is 5.41 Å². The van der Waals surface area contributed by atoms with Crippen molar-refractivity contribution >= 4 is 62.1 Å². The predicted molar refractivity (Wildman–Crippen MR) is 141 cm³/mol. The van der Waals surface area contributed by atoms with Crippen LogP contribution in [0, 0.1) is 5.92 Å². The summed E-state index contributed by atoms with van der Waals surface area (Å²) in [5, 5.41) is 3.27. The first-order chi connectivity index (χ1) is 16.8. The van der Waals surface area contributed by atoms with E-state index >= 15 is 0 Å².